The highest BCUT2D eigenvalue weighted by molar-refractivity contribution is 7.89. The van der Waals surface area contributed by atoms with Gasteiger partial charge in [0.25, 0.3) is 0 Å². The molecular weight excluding hydrogens is 328 g/mol. The van der Waals surface area contributed by atoms with Gasteiger partial charge in [-0.05, 0) is 55.4 Å². The van der Waals surface area contributed by atoms with Crippen LogP contribution in [0.5, 0.6) is 0 Å². The highest BCUT2D eigenvalue weighted by Crippen LogP contribution is 2.32. The van der Waals surface area contributed by atoms with Crippen molar-refractivity contribution < 1.29 is 8.42 Å². The van der Waals surface area contributed by atoms with Gasteiger partial charge in [0, 0.05) is 30.6 Å². The normalized spacial score (nSPS) is 22.2. The quantitative estimate of drug-likeness (QED) is 0.856. The van der Waals surface area contributed by atoms with Crippen molar-refractivity contribution >= 4 is 21.4 Å². The van der Waals surface area contributed by atoms with Crippen LogP contribution in [0.4, 0.5) is 0 Å². The Bertz CT molecular complexity index is 800. The zero-order chi connectivity index (χ0) is 15.9. The lowest BCUT2D eigenvalue weighted by atomic mass is 10.0. The van der Waals surface area contributed by atoms with E-state index in [4.69, 9.17) is 0 Å². The number of rotatable bonds is 3. The summed E-state index contributed by atoms with van der Waals surface area (Å²) in [5.41, 5.74) is 2.52. The topological polar surface area (TPSA) is 50.3 Å². The maximum absolute atomic E-state index is 13.0. The van der Waals surface area contributed by atoms with Crippen molar-refractivity contribution in [3.05, 3.63) is 45.9 Å². The van der Waals surface area contributed by atoms with Crippen LogP contribution in [0.1, 0.15) is 41.3 Å². The summed E-state index contributed by atoms with van der Waals surface area (Å²) < 4.78 is 27.7. The second kappa shape index (κ2) is 6.00. The number of hydrogen-bond acceptors (Lipinski definition) is 4. The van der Waals surface area contributed by atoms with Gasteiger partial charge in [-0.25, -0.2) is 13.4 Å². The molecule has 6 heteroatoms. The van der Waals surface area contributed by atoms with Crippen molar-refractivity contribution in [3.63, 3.8) is 0 Å². The number of hydrogen-bond donors (Lipinski definition) is 0. The van der Waals surface area contributed by atoms with E-state index in [0.717, 1.165) is 37.1 Å². The molecule has 122 valence electrons. The minimum Gasteiger partial charge on any atom is -0.249 e. The number of benzene rings is 1. The number of thiazole rings is 1. The molecule has 4 nitrogen and oxygen atoms in total. The van der Waals surface area contributed by atoms with Crippen molar-refractivity contribution in [2.45, 2.75) is 42.9 Å². The lowest BCUT2D eigenvalue weighted by Crippen LogP contribution is -2.39. The van der Waals surface area contributed by atoms with Gasteiger partial charge in [0.05, 0.1) is 9.90 Å². The van der Waals surface area contributed by atoms with Crippen LogP contribution in [-0.4, -0.2) is 30.8 Å². The summed E-state index contributed by atoms with van der Waals surface area (Å²) in [6, 6.07) is 5.68. The molecule has 0 unspecified atom stereocenters. The SMILES string of the molecule is O=S(=O)(c1ccc2c(c1)CCC2)N1CCC[C@H](c2nccs2)C1. The molecule has 0 spiro atoms. The Labute approximate surface area is 141 Å². The van der Waals surface area contributed by atoms with Crippen molar-refractivity contribution in [2.24, 2.45) is 0 Å². The predicted molar refractivity (Wildman–Crippen MR) is 91.3 cm³/mol. The molecule has 1 aromatic heterocycles. The maximum atomic E-state index is 13.0. The minimum atomic E-state index is -3.40. The van der Waals surface area contributed by atoms with Crippen LogP contribution < -0.4 is 0 Å². The Morgan fingerprint density at radius 1 is 1.17 bits per heavy atom. The first-order chi connectivity index (χ1) is 11.1. The van der Waals surface area contributed by atoms with Crippen LogP contribution in [-0.2, 0) is 22.9 Å². The number of nitrogens with zero attached hydrogens (tertiary/aromatic N) is 2. The number of aromatic nitrogens is 1. The molecule has 0 bridgehead atoms. The van der Waals surface area contributed by atoms with Gasteiger partial charge in [-0.2, -0.15) is 4.31 Å². The largest absolute Gasteiger partial charge is 0.249 e. The molecule has 4 rings (SSSR count). The Morgan fingerprint density at radius 3 is 2.87 bits per heavy atom. The van der Waals surface area contributed by atoms with Crippen LogP contribution in [0.3, 0.4) is 0 Å². The van der Waals surface area contributed by atoms with Gasteiger partial charge in [0.1, 0.15) is 0 Å². The summed E-state index contributed by atoms with van der Waals surface area (Å²) in [4.78, 5) is 4.83. The minimum absolute atomic E-state index is 0.230. The second-order valence-electron chi connectivity index (χ2n) is 6.36. The van der Waals surface area contributed by atoms with Crippen molar-refractivity contribution in [3.8, 4) is 0 Å². The molecule has 1 aliphatic heterocycles. The van der Waals surface area contributed by atoms with Crippen LogP contribution in [0.25, 0.3) is 0 Å². The van der Waals surface area contributed by atoms with E-state index in [1.54, 1.807) is 27.9 Å². The maximum Gasteiger partial charge on any atom is 0.243 e. The fraction of sp³-hybridized carbons (Fsp3) is 0.471. The number of aryl methyl sites for hydroxylation is 2. The predicted octanol–water partition coefficient (Wildman–Crippen LogP) is 3.20. The lowest BCUT2D eigenvalue weighted by Gasteiger charge is -2.31. The fourth-order valence-corrected chi connectivity index (χ4v) is 6.00. The third-order valence-electron chi connectivity index (χ3n) is 4.89. The molecular formula is C17H20N2O2S2. The van der Waals surface area contributed by atoms with Gasteiger partial charge in [-0.3, -0.25) is 0 Å². The summed E-state index contributed by atoms with van der Waals surface area (Å²) in [5, 5.41) is 3.02. The van der Waals surface area contributed by atoms with Crippen LogP contribution >= 0.6 is 11.3 Å². The lowest BCUT2D eigenvalue weighted by molar-refractivity contribution is 0.315. The molecule has 23 heavy (non-hydrogen) atoms. The highest BCUT2D eigenvalue weighted by Gasteiger charge is 2.32. The van der Waals surface area contributed by atoms with Crippen LogP contribution in [0.15, 0.2) is 34.7 Å². The molecule has 2 heterocycles. The Morgan fingerprint density at radius 2 is 2.04 bits per heavy atom. The second-order valence-corrected chi connectivity index (χ2v) is 9.22. The molecule has 1 saturated heterocycles. The Hall–Kier alpha value is -1.24. The molecule has 1 atom stereocenters. The molecule has 0 amide bonds. The first-order valence-corrected chi connectivity index (χ1v) is 10.5. The molecule has 2 aromatic rings. The average molecular weight is 348 g/mol. The average Bonchev–Trinajstić information content (AvgIpc) is 3.25. The molecule has 1 aromatic carbocycles. The van der Waals surface area contributed by atoms with Crippen LogP contribution in [0.2, 0.25) is 0 Å². The zero-order valence-corrected chi connectivity index (χ0v) is 14.6. The van der Waals surface area contributed by atoms with Gasteiger partial charge in [0.15, 0.2) is 0 Å². The summed E-state index contributed by atoms with van der Waals surface area (Å²) >= 11 is 1.62. The summed E-state index contributed by atoms with van der Waals surface area (Å²) in [7, 11) is -3.40. The molecule has 0 N–H and O–H groups in total. The van der Waals surface area contributed by atoms with Gasteiger partial charge < -0.3 is 0 Å². The zero-order valence-electron chi connectivity index (χ0n) is 12.9. The van der Waals surface area contributed by atoms with E-state index in [9.17, 15) is 8.42 Å². The van der Waals surface area contributed by atoms with E-state index in [1.165, 1.54) is 11.1 Å². The summed E-state index contributed by atoms with van der Waals surface area (Å²) in [5.74, 6) is 0.230. The first-order valence-electron chi connectivity index (χ1n) is 8.16. The van der Waals surface area contributed by atoms with E-state index in [-0.39, 0.29) is 5.92 Å². The molecule has 2 aliphatic rings. The van der Waals surface area contributed by atoms with Gasteiger partial charge in [-0.15, -0.1) is 11.3 Å². The summed E-state index contributed by atoms with van der Waals surface area (Å²) in [6.07, 6.45) is 6.92. The van der Waals surface area contributed by atoms with Gasteiger partial charge in [-0.1, -0.05) is 6.07 Å². The van der Waals surface area contributed by atoms with Crippen LogP contribution in [0, 0.1) is 0 Å². The molecule has 1 fully saturated rings. The van der Waals surface area contributed by atoms with E-state index in [0.29, 0.717) is 18.0 Å². The van der Waals surface area contributed by atoms with Crippen molar-refractivity contribution in [1.82, 2.24) is 9.29 Å². The third-order valence-corrected chi connectivity index (χ3v) is 7.69. The molecule has 0 saturated carbocycles. The van der Waals surface area contributed by atoms with Gasteiger partial charge in [0.2, 0.25) is 10.0 Å². The highest BCUT2D eigenvalue weighted by atomic mass is 32.2. The Balaban J connectivity index is 1.60. The molecule has 1 aliphatic carbocycles. The van der Waals surface area contributed by atoms with Gasteiger partial charge >= 0.3 is 0 Å². The smallest absolute Gasteiger partial charge is 0.243 e. The monoisotopic (exact) mass is 348 g/mol. The first kappa shape index (κ1) is 15.3. The van der Waals surface area contributed by atoms with E-state index in [2.05, 4.69) is 4.98 Å². The third kappa shape index (κ3) is 2.84. The van der Waals surface area contributed by atoms with E-state index in [1.807, 2.05) is 17.5 Å². The number of fused-ring (bicyclic) bond motifs is 1. The number of sulfonamides is 1. The number of piperidine rings is 1. The Kier molecular flexibility index (Phi) is 3.99. The summed E-state index contributed by atoms with van der Waals surface area (Å²) in [6.45, 7) is 1.16. The molecule has 0 radical (unpaired) electrons. The van der Waals surface area contributed by atoms with Crippen molar-refractivity contribution in [1.29, 1.82) is 0 Å². The standard InChI is InChI=1S/C17H20N2O2S2/c20-23(21,16-7-6-13-3-1-4-14(13)11-16)19-9-2-5-15(12-19)17-18-8-10-22-17/h6-8,10-11,15H,1-5,9,12H2/t15-/m0/s1. The van der Waals surface area contributed by atoms with Crippen molar-refractivity contribution in [2.75, 3.05) is 13.1 Å². The van der Waals surface area contributed by atoms with E-state index >= 15 is 0 Å². The fourth-order valence-electron chi connectivity index (χ4n) is 3.66. The van der Waals surface area contributed by atoms with E-state index < -0.39 is 10.0 Å².